The summed E-state index contributed by atoms with van der Waals surface area (Å²) in [6.07, 6.45) is 6.69. The molecule has 0 atom stereocenters. The molecule has 0 spiro atoms. The molecule has 3 N–H and O–H groups in total. The molecule has 2 amide bonds. The minimum atomic E-state index is -0.506. The Hall–Kier alpha value is -2.69. The number of hydrogen-bond acceptors (Lipinski definition) is 2. The number of benzene rings is 1. The molecule has 0 unspecified atom stereocenters. The minimum Gasteiger partial charge on any atom is -0.365 e. The molecule has 1 aromatic heterocycles. The van der Waals surface area contributed by atoms with E-state index in [1.165, 1.54) is 17.5 Å². The van der Waals surface area contributed by atoms with Gasteiger partial charge in [0.05, 0.1) is 0 Å². The molecule has 1 aromatic carbocycles. The third-order valence-electron chi connectivity index (χ3n) is 3.85. The second-order valence-corrected chi connectivity index (χ2v) is 5.51. The molecular weight excluding hydrogens is 278 g/mol. The summed E-state index contributed by atoms with van der Waals surface area (Å²) in [6, 6.07) is 9.39. The van der Waals surface area contributed by atoms with E-state index in [2.05, 4.69) is 11.4 Å². The number of anilines is 1. The third-order valence-corrected chi connectivity index (χ3v) is 3.85. The summed E-state index contributed by atoms with van der Waals surface area (Å²) in [4.78, 5) is 23.3. The van der Waals surface area contributed by atoms with Crippen LogP contribution in [0.4, 0.5) is 5.69 Å². The van der Waals surface area contributed by atoms with Crippen molar-refractivity contribution in [2.45, 2.75) is 25.8 Å². The standard InChI is InChI=1S/C17H17N3O2/c18-17(22)14-5-2-8-20(10-14)11-16(21)19-15-7-6-12-3-1-4-13(12)9-15/h2,5-10H,1,3-4,11H2,(H2-,18,19,21,22)/p+1. The molecule has 2 aromatic rings. The van der Waals surface area contributed by atoms with Gasteiger partial charge in [-0.1, -0.05) is 6.07 Å². The summed E-state index contributed by atoms with van der Waals surface area (Å²) in [7, 11) is 0. The van der Waals surface area contributed by atoms with Crippen molar-refractivity contribution in [1.82, 2.24) is 0 Å². The van der Waals surface area contributed by atoms with Gasteiger partial charge in [0.2, 0.25) is 6.54 Å². The molecule has 0 saturated carbocycles. The monoisotopic (exact) mass is 296 g/mol. The van der Waals surface area contributed by atoms with Gasteiger partial charge < -0.3 is 11.1 Å². The van der Waals surface area contributed by atoms with Gasteiger partial charge in [0.15, 0.2) is 12.4 Å². The topological polar surface area (TPSA) is 76.1 Å². The maximum atomic E-state index is 12.1. The number of carbonyl (C=O) groups is 2. The maximum Gasteiger partial charge on any atom is 0.290 e. The number of nitrogens with two attached hydrogens (primary N) is 1. The molecule has 1 aliphatic rings. The van der Waals surface area contributed by atoms with Crippen LogP contribution in [0, 0.1) is 0 Å². The van der Waals surface area contributed by atoms with Crippen LogP contribution in [0.2, 0.25) is 0 Å². The Morgan fingerprint density at radius 3 is 2.82 bits per heavy atom. The zero-order chi connectivity index (χ0) is 15.5. The zero-order valence-corrected chi connectivity index (χ0v) is 12.2. The molecule has 0 bridgehead atoms. The first-order chi connectivity index (χ1) is 10.6. The summed E-state index contributed by atoms with van der Waals surface area (Å²) in [5, 5.41) is 2.89. The zero-order valence-electron chi connectivity index (χ0n) is 12.2. The van der Waals surface area contributed by atoms with Gasteiger partial charge in [-0.25, -0.2) is 0 Å². The van der Waals surface area contributed by atoms with Crippen LogP contribution in [0.1, 0.15) is 27.9 Å². The molecule has 3 rings (SSSR count). The number of pyridine rings is 1. The second-order valence-electron chi connectivity index (χ2n) is 5.51. The van der Waals surface area contributed by atoms with Crippen molar-refractivity contribution in [3.63, 3.8) is 0 Å². The highest BCUT2D eigenvalue weighted by atomic mass is 16.2. The number of aryl methyl sites for hydroxylation is 2. The first kappa shape index (κ1) is 14.3. The van der Waals surface area contributed by atoms with E-state index in [9.17, 15) is 9.59 Å². The van der Waals surface area contributed by atoms with Crippen molar-refractivity contribution in [2.75, 3.05) is 5.32 Å². The van der Waals surface area contributed by atoms with E-state index in [0.717, 1.165) is 18.5 Å². The smallest absolute Gasteiger partial charge is 0.290 e. The molecule has 1 aliphatic carbocycles. The molecular formula is C17H18N3O2+. The first-order valence-electron chi connectivity index (χ1n) is 7.32. The van der Waals surface area contributed by atoms with Crippen LogP contribution in [0.5, 0.6) is 0 Å². The number of primary amides is 1. The summed E-state index contributed by atoms with van der Waals surface area (Å²) in [5.74, 6) is -0.641. The number of amides is 2. The van der Waals surface area contributed by atoms with Crippen molar-refractivity contribution in [3.8, 4) is 0 Å². The first-order valence-corrected chi connectivity index (χ1v) is 7.32. The lowest BCUT2D eigenvalue weighted by atomic mass is 10.1. The van der Waals surface area contributed by atoms with E-state index < -0.39 is 5.91 Å². The van der Waals surface area contributed by atoms with Crippen molar-refractivity contribution in [3.05, 3.63) is 59.4 Å². The lowest BCUT2D eigenvalue weighted by Crippen LogP contribution is -2.40. The highest BCUT2D eigenvalue weighted by Gasteiger charge is 2.14. The molecule has 22 heavy (non-hydrogen) atoms. The van der Waals surface area contributed by atoms with Gasteiger partial charge in [-0.2, -0.15) is 4.57 Å². The van der Waals surface area contributed by atoms with Crippen molar-refractivity contribution in [1.29, 1.82) is 0 Å². The summed E-state index contributed by atoms with van der Waals surface area (Å²) >= 11 is 0. The lowest BCUT2D eigenvalue weighted by Gasteiger charge is -2.06. The number of hydrogen-bond donors (Lipinski definition) is 2. The van der Waals surface area contributed by atoms with Crippen molar-refractivity contribution < 1.29 is 14.2 Å². The number of aromatic nitrogens is 1. The predicted molar refractivity (Wildman–Crippen MR) is 82.3 cm³/mol. The van der Waals surface area contributed by atoms with Crippen LogP contribution in [0.25, 0.3) is 0 Å². The molecule has 0 saturated heterocycles. The van der Waals surface area contributed by atoms with Crippen LogP contribution in [0.15, 0.2) is 42.7 Å². The second kappa shape index (κ2) is 5.97. The Balaban J connectivity index is 1.67. The fourth-order valence-electron chi connectivity index (χ4n) is 2.78. The van der Waals surface area contributed by atoms with Gasteiger partial charge in [-0.3, -0.25) is 9.59 Å². The quantitative estimate of drug-likeness (QED) is 0.832. The van der Waals surface area contributed by atoms with E-state index in [4.69, 9.17) is 5.73 Å². The van der Waals surface area contributed by atoms with E-state index >= 15 is 0 Å². The fraction of sp³-hybridized carbons (Fsp3) is 0.235. The highest BCUT2D eigenvalue weighted by molar-refractivity contribution is 5.92. The van der Waals surface area contributed by atoms with Gasteiger partial charge in [-0.15, -0.1) is 0 Å². The molecule has 0 aliphatic heterocycles. The van der Waals surface area contributed by atoms with Gasteiger partial charge in [-0.05, 0) is 48.6 Å². The largest absolute Gasteiger partial charge is 0.365 e. The number of nitrogens with one attached hydrogen (secondary N) is 1. The molecule has 1 heterocycles. The lowest BCUT2D eigenvalue weighted by molar-refractivity contribution is -0.684. The van der Waals surface area contributed by atoms with Crippen LogP contribution < -0.4 is 15.6 Å². The Bertz CT molecular complexity index is 740. The average Bonchev–Trinajstić information content (AvgIpc) is 2.95. The van der Waals surface area contributed by atoms with Crippen LogP contribution >= 0.6 is 0 Å². The van der Waals surface area contributed by atoms with E-state index in [-0.39, 0.29) is 12.5 Å². The Morgan fingerprint density at radius 1 is 1.18 bits per heavy atom. The predicted octanol–water partition coefficient (Wildman–Crippen LogP) is 1.20. The number of rotatable bonds is 4. The van der Waals surface area contributed by atoms with Gasteiger partial charge in [0, 0.05) is 11.8 Å². The van der Waals surface area contributed by atoms with Gasteiger partial charge in [0.25, 0.3) is 11.8 Å². The summed E-state index contributed by atoms with van der Waals surface area (Å²) in [5.41, 5.74) is 9.13. The maximum absolute atomic E-state index is 12.1. The van der Waals surface area contributed by atoms with E-state index in [0.29, 0.717) is 5.56 Å². The molecule has 112 valence electrons. The molecule has 5 nitrogen and oxygen atoms in total. The highest BCUT2D eigenvalue weighted by Crippen LogP contribution is 2.24. The molecule has 0 fully saturated rings. The minimum absolute atomic E-state index is 0.135. The normalized spacial score (nSPS) is 12.7. The summed E-state index contributed by atoms with van der Waals surface area (Å²) < 4.78 is 1.64. The van der Waals surface area contributed by atoms with Crippen LogP contribution in [0.3, 0.4) is 0 Å². The van der Waals surface area contributed by atoms with E-state index in [1.54, 1.807) is 29.1 Å². The Morgan fingerprint density at radius 2 is 2.00 bits per heavy atom. The number of carbonyl (C=O) groups excluding carboxylic acids is 2. The average molecular weight is 296 g/mol. The van der Waals surface area contributed by atoms with Crippen LogP contribution in [-0.4, -0.2) is 11.8 Å². The van der Waals surface area contributed by atoms with Crippen molar-refractivity contribution >= 4 is 17.5 Å². The van der Waals surface area contributed by atoms with Gasteiger partial charge >= 0.3 is 0 Å². The van der Waals surface area contributed by atoms with Crippen molar-refractivity contribution in [2.24, 2.45) is 5.73 Å². The van der Waals surface area contributed by atoms with E-state index in [1.807, 2.05) is 12.1 Å². The van der Waals surface area contributed by atoms with Gasteiger partial charge in [0.1, 0.15) is 5.56 Å². The number of fused-ring (bicyclic) bond motifs is 1. The SMILES string of the molecule is NC(=O)c1ccc[n+](CC(=O)Nc2ccc3c(c2)CCC3)c1. The number of nitrogens with zero attached hydrogens (tertiary/aromatic N) is 1. The Kier molecular flexibility index (Phi) is 3.87. The fourth-order valence-corrected chi connectivity index (χ4v) is 2.78. The summed E-state index contributed by atoms with van der Waals surface area (Å²) in [6.45, 7) is 0.137. The third kappa shape index (κ3) is 3.14. The Labute approximate surface area is 128 Å². The van der Waals surface area contributed by atoms with Crippen LogP contribution in [-0.2, 0) is 24.2 Å². The molecule has 0 radical (unpaired) electrons. The molecule has 5 heteroatoms.